The maximum Gasteiger partial charge on any atom is 0.101 e. The summed E-state index contributed by atoms with van der Waals surface area (Å²) in [4.78, 5) is 5.08. The molecule has 0 aromatic heterocycles. The number of hydrogen-bond donors (Lipinski definition) is 0. The van der Waals surface area contributed by atoms with Crippen LogP contribution in [0.25, 0.3) is 0 Å². The molecular formula is C17H23N3. The van der Waals surface area contributed by atoms with E-state index in [-0.39, 0.29) is 0 Å². The predicted molar refractivity (Wildman–Crippen MR) is 81.8 cm³/mol. The van der Waals surface area contributed by atoms with Crippen molar-refractivity contribution < 1.29 is 0 Å². The fourth-order valence-electron chi connectivity index (χ4n) is 3.60. The van der Waals surface area contributed by atoms with Crippen molar-refractivity contribution >= 4 is 5.69 Å². The quantitative estimate of drug-likeness (QED) is 0.827. The van der Waals surface area contributed by atoms with Gasteiger partial charge in [0.05, 0.1) is 11.3 Å². The Morgan fingerprint density at radius 1 is 0.950 bits per heavy atom. The second-order valence-electron chi connectivity index (χ2n) is 5.94. The average molecular weight is 269 g/mol. The lowest BCUT2D eigenvalue weighted by molar-refractivity contribution is 0.141. The smallest absolute Gasteiger partial charge is 0.101 e. The van der Waals surface area contributed by atoms with Crippen LogP contribution < -0.4 is 4.90 Å². The molecule has 2 aliphatic heterocycles. The van der Waals surface area contributed by atoms with Crippen molar-refractivity contribution in [2.45, 2.75) is 38.1 Å². The fraction of sp³-hybridized carbons (Fsp3) is 0.588. The van der Waals surface area contributed by atoms with Crippen molar-refractivity contribution in [3.63, 3.8) is 0 Å². The first-order valence-electron chi connectivity index (χ1n) is 7.86. The van der Waals surface area contributed by atoms with Gasteiger partial charge in [0.2, 0.25) is 0 Å². The molecule has 0 unspecified atom stereocenters. The Kier molecular flexibility index (Phi) is 4.22. The molecule has 0 radical (unpaired) electrons. The Labute approximate surface area is 121 Å². The number of nitrogens with zero attached hydrogens (tertiary/aromatic N) is 3. The van der Waals surface area contributed by atoms with Crippen LogP contribution in [0.1, 0.15) is 37.7 Å². The molecule has 20 heavy (non-hydrogen) atoms. The number of likely N-dealkylation sites (tertiary alicyclic amines) is 1. The van der Waals surface area contributed by atoms with Gasteiger partial charge in [-0.3, -0.25) is 0 Å². The molecule has 0 bridgehead atoms. The molecule has 0 aliphatic carbocycles. The van der Waals surface area contributed by atoms with Gasteiger partial charge in [-0.15, -0.1) is 0 Å². The van der Waals surface area contributed by atoms with Crippen molar-refractivity contribution in [2.24, 2.45) is 0 Å². The van der Waals surface area contributed by atoms with Gasteiger partial charge in [0.15, 0.2) is 0 Å². The summed E-state index contributed by atoms with van der Waals surface area (Å²) in [5, 5.41) is 9.22. The lowest BCUT2D eigenvalue weighted by Gasteiger charge is -2.41. The Bertz CT molecular complexity index is 477. The van der Waals surface area contributed by atoms with Crippen molar-refractivity contribution in [1.82, 2.24) is 4.90 Å². The van der Waals surface area contributed by atoms with Gasteiger partial charge in [-0.05, 0) is 50.9 Å². The summed E-state index contributed by atoms with van der Waals surface area (Å²) in [5.74, 6) is 0. The monoisotopic (exact) mass is 269 g/mol. The van der Waals surface area contributed by atoms with E-state index < -0.39 is 0 Å². The summed E-state index contributed by atoms with van der Waals surface area (Å²) in [6, 6.07) is 11.1. The number of benzene rings is 1. The van der Waals surface area contributed by atoms with Crippen molar-refractivity contribution in [2.75, 3.05) is 31.1 Å². The molecule has 0 saturated carbocycles. The molecule has 3 rings (SSSR count). The van der Waals surface area contributed by atoms with Crippen LogP contribution in [0.4, 0.5) is 5.69 Å². The zero-order valence-electron chi connectivity index (χ0n) is 12.1. The van der Waals surface area contributed by atoms with Crippen LogP contribution >= 0.6 is 0 Å². The third kappa shape index (κ3) is 2.81. The molecule has 2 aliphatic rings. The molecule has 0 amide bonds. The third-order valence-electron chi connectivity index (χ3n) is 4.74. The standard InChI is InChI=1S/C17H23N3/c18-14-15-6-2-3-7-17(15)20-12-8-16(9-13-20)19-10-4-1-5-11-19/h2-3,6-7,16H,1,4-5,8-13H2. The summed E-state index contributed by atoms with van der Waals surface area (Å²) < 4.78 is 0. The van der Waals surface area contributed by atoms with E-state index in [1.165, 1.54) is 45.2 Å². The van der Waals surface area contributed by atoms with Gasteiger partial charge in [0, 0.05) is 19.1 Å². The maximum atomic E-state index is 9.22. The molecule has 0 atom stereocenters. The minimum atomic E-state index is 0.765. The van der Waals surface area contributed by atoms with Gasteiger partial charge in [-0.2, -0.15) is 5.26 Å². The Balaban J connectivity index is 1.62. The van der Waals surface area contributed by atoms with E-state index in [0.29, 0.717) is 0 Å². The normalized spacial score (nSPS) is 21.6. The van der Waals surface area contributed by atoms with Crippen LogP contribution in [-0.2, 0) is 0 Å². The van der Waals surface area contributed by atoms with Crippen molar-refractivity contribution in [3.8, 4) is 6.07 Å². The number of anilines is 1. The first-order chi connectivity index (χ1) is 9.88. The van der Waals surface area contributed by atoms with Crippen LogP contribution in [0.15, 0.2) is 24.3 Å². The highest BCUT2D eigenvalue weighted by Crippen LogP contribution is 2.26. The maximum absolute atomic E-state index is 9.22. The summed E-state index contributed by atoms with van der Waals surface area (Å²) in [7, 11) is 0. The molecule has 2 fully saturated rings. The average Bonchev–Trinajstić information content (AvgIpc) is 2.56. The van der Waals surface area contributed by atoms with Crippen LogP contribution in [0, 0.1) is 11.3 Å². The van der Waals surface area contributed by atoms with Gasteiger partial charge < -0.3 is 9.80 Å². The first kappa shape index (κ1) is 13.5. The molecular weight excluding hydrogens is 246 g/mol. The van der Waals surface area contributed by atoms with E-state index in [4.69, 9.17) is 0 Å². The highest BCUT2D eigenvalue weighted by atomic mass is 15.2. The molecule has 2 heterocycles. The summed E-state index contributed by atoms with van der Waals surface area (Å²) in [5.41, 5.74) is 1.93. The largest absolute Gasteiger partial charge is 0.370 e. The van der Waals surface area contributed by atoms with E-state index in [2.05, 4.69) is 21.9 Å². The molecule has 0 N–H and O–H groups in total. The Hall–Kier alpha value is -1.53. The van der Waals surface area contributed by atoms with Gasteiger partial charge >= 0.3 is 0 Å². The molecule has 1 aromatic rings. The first-order valence-corrected chi connectivity index (χ1v) is 7.86. The predicted octanol–water partition coefficient (Wildman–Crippen LogP) is 3.01. The third-order valence-corrected chi connectivity index (χ3v) is 4.74. The summed E-state index contributed by atoms with van der Waals surface area (Å²) in [6.45, 7) is 4.75. The highest BCUT2D eigenvalue weighted by Gasteiger charge is 2.26. The summed E-state index contributed by atoms with van der Waals surface area (Å²) in [6.07, 6.45) is 6.62. The van der Waals surface area contributed by atoms with Crippen LogP contribution in [-0.4, -0.2) is 37.1 Å². The van der Waals surface area contributed by atoms with Gasteiger partial charge in [-0.25, -0.2) is 0 Å². The number of nitriles is 1. The molecule has 2 saturated heterocycles. The van der Waals surface area contributed by atoms with E-state index in [0.717, 1.165) is 30.4 Å². The Morgan fingerprint density at radius 3 is 2.35 bits per heavy atom. The van der Waals surface area contributed by atoms with E-state index in [9.17, 15) is 5.26 Å². The molecule has 106 valence electrons. The van der Waals surface area contributed by atoms with E-state index in [1.54, 1.807) is 0 Å². The zero-order chi connectivity index (χ0) is 13.8. The minimum absolute atomic E-state index is 0.765. The summed E-state index contributed by atoms with van der Waals surface area (Å²) >= 11 is 0. The SMILES string of the molecule is N#Cc1ccccc1N1CCC(N2CCCCC2)CC1. The molecule has 3 heteroatoms. The van der Waals surface area contributed by atoms with E-state index >= 15 is 0 Å². The van der Waals surface area contributed by atoms with E-state index in [1.807, 2.05) is 18.2 Å². The highest BCUT2D eigenvalue weighted by molar-refractivity contribution is 5.59. The second-order valence-corrected chi connectivity index (χ2v) is 5.94. The number of rotatable bonds is 2. The minimum Gasteiger partial charge on any atom is -0.370 e. The van der Waals surface area contributed by atoms with Crippen molar-refractivity contribution in [1.29, 1.82) is 5.26 Å². The van der Waals surface area contributed by atoms with Crippen LogP contribution in [0.2, 0.25) is 0 Å². The topological polar surface area (TPSA) is 30.3 Å². The molecule has 1 aromatic carbocycles. The lowest BCUT2D eigenvalue weighted by Crippen LogP contribution is -2.46. The van der Waals surface area contributed by atoms with Crippen LogP contribution in [0.3, 0.4) is 0 Å². The number of hydrogen-bond acceptors (Lipinski definition) is 3. The lowest BCUT2D eigenvalue weighted by atomic mass is 9.99. The molecule has 0 spiro atoms. The fourth-order valence-corrected chi connectivity index (χ4v) is 3.60. The van der Waals surface area contributed by atoms with Gasteiger partial charge in [0.25, 0.3) is 0 Å². The van der Waals surface area contributed by atoms with Crippen molar-refractivity contribution in [3.05, 3.63) is 29.8 Å². The van der Waals surface area contributed by atoms with Gasteiger partial charge in [0.1, 0.15) is 6.07 Å². The Morgan fingerprint density at radius 2 is 1.65 bits per heavy atom. The van der Waals surface area contributed by atoms with Crippen LogP contribution in [0.5, 0.6) is 0 Å². The molecule has 3 nitrogen and oxygen atoms in total. The zero-order valence-corrected chi connectivity index (χ0v) is 12.1. The number of para-hydroxylation sites is 1. The second kappa shape index (κ2) is 6.28. The van der Waals surface area contributed by atoms with Gasteiger partial charge in [-0.1, -0.05) is 18.6 Å². The number of piperidine rings is 2.